The van der Waals surface area contributed by atoms with Crippen LogP contribution in [0.2, 0.25) is 15.1 Å². The molecule has 4 aromatic rings. The van der Waals surface area contributed by atoms with Gasteiger partial charge in [-0.15, -0.1) is 0 Å². The van der Waals surface area contributed by atoms with Crippen molar-refractivity contribution in [1.29, 1.82) is 0 Å². The minimum Gasteiger partial charge on any atom is -0.323 e. The van der Waals surface area contributed by atoms with Gasteiger partial charge in [-0.1, -0.05) is 65.1 Å². The third-order valence-electron chi connectivity index (χ3n) is 4.85. The Labute approximate surface area is 201 Å². The molecule has 0 aliphatic rings. The van der Waals surface area contributed by atoms with E-state index in [4.69, 9.17) is 39.9 Å². The number of halogens is 3. The molecule has 0 fully saturated rings. The third-order valence-corrected chi connectivity index (χ3v) is 5.64. The summed E-state index contributed by atoms with van der Waals surface area (Å²) >= 11 is 18.6. The van der Waals surface area contributed by atoms with E-state index in [0.717, 1.165) is 22.5 Å². The fraction of sp³-hybridized carbons (Fsp3) is 0.0400. The molecule has 0 saturated carbocycles. The van der Waals surface area contributed by atoms with Crippen molar-refractivity contribution in [3.8, 4) is 16.9 Å². The number of anilines is 1. The molecule has 0 aliphatic carbocycles. The van der Waals surface area contributed by atoms with E-state index in [9.17, 15) is 4.79 Å². The number of amides is 1. The smallest absolute Gasteiger partial charge is 0.248 e. The average Bonchev–Trinajstić information content (AvgIpc) is 3.09. The lowest BCUT2D eigenvalue weighted by molar-refractivity contribution is -0.111. The number of hydrogen-bond donors (Lipinski definition) is 1. The topological polar surface area (TPSA) is 46.9 Å². The van der Waals surface area contributed by atoms with Gasteiger partial charge in [-0.2, -0.15) is 5.10 Å². The molecule has 1 amide bonds. The van der Waals surface area contributed by atoms with Crippen molar-refractivity contribution in [3.05, 3.63) is 105 Å². The van der Waals surface area contributed by atoms with E-state index < -0.39 is 0 Å². The van der Waals surface area contributed by atoms with Crippen LogP contribution in [0.5, 0.6) is 0 Å². The summed E-state index contributed by atoms with van der Waals surface area (Å²) < 4.78 is 1.76. The quantitative estimate of drug-likeness (QED) is 0.300. The maximum atomic E-state index is 12.4. The number of para-hydroxylation sites is 1. The largest absolute Gasteiger partial charge is 0.323 e. The van der Waals surface area contributed by atoms with Crippen LogP contribution in [0.1, 0.15) is 11.3 Å². The molecule has 1 aromatic heterocycles. The Bertz CT molecular complexity index is 1300. The zero-order valence-corrected chi connectivity index (χ0v) is 19.3. The predicted molar refractivity (Wildman–Crippen MR) is 133 cm³/mol. The van der Waals surface area contributed by atoms with Gasteiger partial charge in [0.05, 0.1) is 22.1 Å². The number of nitrogens with zero attached hydrogens (tertiary/aromatic N) is 2. The van der Waals surface area contributed by atoms with E-state index in [0.29, 0.717) is 26.4 Å². The molecular formula is C25H18Cl3N3O. The van der Waals surface area contributed by atoms with Gasteiger partial charge in [-0.3, -0.25) is 4.79 Å². The molecule has 7 heteroatoms. The highest BCUT2D eigenvalue weighted by Crippen LogP contribution is 2.33. The van der Waals surface area contributed by atoms with Crippen LogP contribution in [0, 0.1) is 6.92 Å². The number of carbonyl (C=O) groups is 1. The van der Waals surface area contributed by atoms with E-state index >= 15 is 0 Å². The molecule has 0 unspecified atom stereocenters. The van der Waals surface area contributed by atoms with Crippen LogP contribution in [-0.4, -0.2) is 15.7 Å². The maximum absolute atomic E-state index is 12.4. The zero-order chi connectivity index (χ0) is 22.7. The van der Waals surface area contributed by atoms with Crippen molar-refractivity contribution in [2.75, 3.05) is 5.32 Å². The van der Waals surface area contributed by atoms with Crippen LogP contribution in [-0.2, 0) is 4.79 Å². The van der Waals surface area contributed by atoms with Gasteiger partial charge in [0.2, 0.25) is 5.91 Å². The van der Waals surface area contributed by atoms with E-state index in [1.807, 2.05) is 67.6 Å². The Morgan fingerprint density at radius 3 is 2.31 bits per heavy atom. The number of carbonyl (C=O) groups excluding carboxylic acids is 1. The molecule has 0 spiro atoms. The minimum absolute atomic E-state index is 0.247. The molecule has 0 aliphatic heterocycles. The zero-order valence-electron chi connectivity index (χ0n) is 17.0. The van der Waals surface area contributed by atoms with Gasteiger partial charge in [-0.05, 0) is 55.5 Å². The molecule has 1 heterocycles. The lowest BCUT2D eigenvalue weighted by Gasteiger charge is -2.11. The molecule has 0 saturated heterocycles. The predicted octanol–water partition coefficient (Wildman–Crippen LogP) is 7.46. The van der Waals surface area contributed by atoms with Crippen LogP contribution in [0.4, 0.5) is 5.69 Å². The lowest BCUT2D eigenvalue weighted by Crippen LogP contribution is -2.07. The standard InChI is InChI=1S/C25H18Cl3N3O/c1-16-22(12-14-24(32)29-20-5-3-2-4-6-20)30-31(23-13-11-19(27)15-21(23)28)25(16)17-7-9-18(26)10-8-17/h2-15H,1H3,(H,29,32)/b14-12+. The Kier molecular flexibility index (Phi) is 6.66. The molecule has 160 valence electrons. The van der Waals surface area contributed by atoms with E-state index in [1.165, 1.54) is 6.08 Å². The van der Waals surface area contributed by atoms with Crippen molar-refractivity contribution < 1.29 is 4.79 Å². The van der Waals surface area contributed by atoms with Crippen LogP contribution >= 0.6 is 34.8 Å². The van der Waals surface area contributed by atoms with E-state index in [1.54, 1.807) is 22.9 Å². The second kappa shape index (κ2) is 9.61. The summed E-state index contributed by atoms with van der Waals surface area (Å²) in [6.07, 6.45) is 3.15. The molecule has 4 nitrogen and oxygen atoms in total. The minimum atomic E-state index is -0.247. The van der Waals surface area contributed by atoms with Gasteiger partial charge < -0.3 is 5.32 Å². The fourth-order valence-electron chi connectivity index (χ4n) is 3.31. The summed E-state index contributed by atoms with van der Waals surface area (Å²) in [6.45, 7) is 1.95. The average molecular weight is 483 g/mol. The first kappa shape index (κ1) is 22.2. The lowest BCUT2D eigenvalue weighted by atomic mass is 10.1. The Morgan fingerprint density at radius 2 is 1.62 bits per heavy atom. The van der Waals surface area contributed by atoms with Crippen LogP contribution in [0.15, 0.2) is 78.9 Å². The second-order valence-electron chi connectivity index (χ2n) is 7.06. The van der Waals surface area contributed by atoms with Gasteiger partial charge in [0.1, 0.15) is 0 Å². The van der Waals surface area contributed by atoms with E-state index in [-0.39, 0.29) is 5.91 Å². The molecule has 0 atom stereocenters. The normalized spacial score (nSPS) is 11.1. The SMILES string of the molecule is Cc1c(/C=C/C(=O)Nc2ccccc2)nn(-c2ccc(Cl)cc2Cl)c1-c1ccc(Cl)cc1. The van der Waals surface area contributed by atoms with Crippen LogP contribution < -0.4 is 5.32 Å². The van der Waals surface area contributed by atoms with Crippen LogP contribution in [0.25, 0.3) is 23.0 Å². The van der Waals surface area contributed by atoms with Gasteiger partial charge in [0, 0.05) is 32.9 Å². The highest BCUT2D eigenvalue weighted by atomic mass is 35.5. The fourth-order valence-corrected chi connectivity index (χ4v) is 3.92. The van der Waals surface area contributed by atoms with Crippen molar-refractivity contribution >= 4 is 52.5 Å². The molecule has 32 heavy (non-hydrogen) atoms. The molecule has 0 radical (unpaired) electrons. The van der Waals surface area contributed by atoms with Crippen molar-refractivity contribution in [2.45, 2.75) is 6.92 Å². The molecule has 4 rings (SSSR count). The van der Waals surface area contributed by atoms with Crippen molar-refractivity contribution in [2.24, 2.45) is 0 Å². The monoisotopic (exact) mass is 481 g/mol. The van der Waals surface area contributed by atoms with Crippen molar-refractivity contribution in [1.82, 2.24) is 9.78 Å². The first-order valence-corrected chi connectivity index (χ1v) is 10.9. The number of hydrogen-bond acceptors (Lipinski definition) is 2. The first-order chi connectivity index (χ1) is 15.4. The Balaban J connectivity index is 1.75. The molecular weight excluding hydrogens is 465 g/mol. The van der Waals surface area contributed by atoms with Gasteiger partial charge in [-0.25, -0.2) is 4.68 Å². The number of rotatable bonds is 5. The number of aromatic nitrogens is 2. The Hall–Kier alpha value is -3.05. The highest BCUT2D eigenvalue weighted by Gasteiger charge is 2.18. The van der Waals surface area contributed by atoms with E-state index in [2.05, 4.69) is 5.32 Å². The second-order valence-corrected chi connectivity index (χ2v) is 8.34. The summed E-state index contributed by atoms with van der Waals surface area (Å²) in [5.41, 5.74) is 4.69. The molecule has 3 aromatic carbocycles. The van der Waals surface area contributed by atoms with Gasteiger partial charge >= 0.3 is 0 Å². The third kappa shape index (κ3) is 4.89. The Morgan fingerprint density at radius 1 is 0.938 bits per heavy atom. The molecule has 1 N–H and O–H groups in total. The summed E-state index contributed by atoms with van der Waals surface area (Å²) in [5.74, 6) is -0.247. The van der Waals surface area contributed by atoms with Gasteiger partial charge in [0.25, 0.3) is 0 Å². The van der Waals surface area contributed by atoms with Crippen molar-refractivity contribution in [3.63, 3.8) is 0 Å². The summed E-state index contributed by atoms with van der Waals surface area (Å²) in [6, 6.07) is 22.0. The first-order valence-electron chi connectivity index (χ1n) is 9.77. The maximum Gasteiger partial charge on any atom is 0.248 e. The number of nitrogens with one attached hydrogen (secondary N) is 1. The highest BCUT2D eigenvalue weighted by molar-refractivity contribution is 6.35. The summed E-state index contributed by atoms with van der Waals surface area (Å²) in [5, 5.41) is 9.20. The molecule has 0 bridgehead atoms. The summed E-state index contributed by atoms with van der Waals surface area (Å²) in [7, 11) is 0. The van der Waals surface area contributed by atoms with Gasteiger partial charge in [0.15, 0.2) is 0 Å². The summed E-state index contributed by atoms with van der Waals surface area (Å²) in [4.78, 5) is 12.4. The number of benzene rings is 3. The van der Waals surface area contributed by atoms with Crippen LogP contribution in [0.3, 0.4) is 0 Å².